The molecule has 0 aromatic carbocycles. The van der Waals surface area contributed by atoms with E-state index in [0.29, 0.717) is 0 Å². The Hall–Kier alpha value is -1.64. The van der Waals surface area contributed by atoms with Gasteiger partial charge in [-0.2, -0.15) is 13.2 Å². The van der Waals surface area contributed by atoms with Crippen LogP contribution in [0.15, 0.2) is 0 Å². The van der Waals surface area contributed by atoms with Crippen LogP contribution >= 0.6 is 0 Å². The highest BCUT2D eigenvalue weighted by molar-refractivity contribution is 5.91. The summed E-state index contributed by atoms with van der Waals surface area (Å²) in [4.78, 5) is 35.4. The third-order valence-electron chi connectivity index (χ3n) is 2.76. The molecule has 0 aromatic rings. The van der Waals surface area contributed by atoms with Gasteiger partial charge in [-0.25, -0.2) is 0 Å². The number of carbonyl (C=O) groups excluding carboxylic acids is 3. The van der Waals surface area contributed by atoms with Gasteiger partial charge in [-0.1, -0.05) is 0 Å². The van der Waals surface area contributed by atoms with Crippen molar-refractivity contribution in [1.82, 2.24) is 5.32 Å². The van der Waals surface area contributed by atoms with E-state index in [0.717, 1.165) is 0 Å². The minimum atomic E-state index is -4.68. The first kappa shape index (κ1) is 24.4. The molecule has 1 amide bonds. The maximum Gasteiger partial charge on any atom is 0.397 e. The molecule has 152 valence electrons. The SMILES string of the molecule is CC(C)(C)OCC(NC(=O)CC(F)(F)F)C(=O)CCC(=O)OC(C)(C)C. The summed E-state index contributed by atoms with van der Waals surface area (Å²) in [6.07, 6.45) is -6.89. The number of ketones is 1. The van der Waals surface area contributed by atoms with Gasteiger partial charge in [0.1, 0.15) is 18.1 Å². The molecule has 0 aliphatic carbocycles. The maximum atomic E-state index is 12.3. The fourth-order valence-electron chi connectivity index (χ4n) is 1.77. The first-order chi connectivity index (χ1) is 11.5. The quantitative estimate of drug-likeness (QED) is 0.652. The predicted octanol–water partition coefficient (Wildman–Crippen LogP) is 2.93. The summed E-state index contributed by atoms with van der Waals surface area (Å²) in [5.74, 6) is -2.54. The van der Waals surface area contributed by atoms with Crippen LogP contribution in [0.2, 0.25) is 0 Å². The smallest absolute Gasteiger partial charge is 0.397 e. The Bertz CT molecular complexity index is 504. The third-order valence-corrected chi connectivity index (χ3v) is 2.76. The van der Waals surface area contributed by atoms with Gasteiger partial charge in [0.25, 0.3) is 0 Å². The fourth-order valence-corrected chi connectivity index (χ4v) is 1.77. The molecule has 1 N–H and O–H groups in total. The van der Waals surface area contributed by atoms with Crippen LogP contribution in [0.4, 0.5) is 13.2 Å². The van der Waals surface area contributed by atoms with Crippen LogP contribution in [0.3, 0.4) is 0 Å². The van der Waals surface area contributed by atoms with E-state index >= 15 is 0 Å². The molecule has 0 saturated carbocycles. The van der Waals surface area contributed by atoms with Crippen LogP contribution in [-0.4, -0.2) is 47.7 Å². The van der Waals surface area contributed by atoms with Crippen molar-refractivity contribution in [3.8, 4) is 0 Å². The number of nitrogens with one attached hydrogen (secondary N) is 1. The van der Waals surface area contributed by atoms with E-state index in [1.807, 2.05) is 5.32 Å². The Kier molecular flexibility index (Phi) is 8.75. The summed E-state index contributed by atoms with van der Waals surface area (Å²) in [6.45, 7) is 9.82. The Balaban J connectivity index is 4.83. The first-order valence-electron chi connectivity index (χ1n) is 8.23. The number of amides is 1. The van der Waals surface area contributed by atoms with Crippen molar-refractivity contribution < 1.29 is 37.0 Å². The zero-order valence-electron chi connectivity index (χ0n) is 16.1. The average Bonchev–Trinajstić information content (AvgIpc) is 2.35. The Morgan fingerprint density at radius 3 is 1.88 bits per heavy atom. The molecule has 0 radical (unpaired) electrons. The van der Waals surface area contributed by atoms with Gasteiger partial charge in [-0.3, -0.25) is 14.4 Å². The van der Waals surface area contributed by atoms with E-state index in [-0.39, 0.29) is 19.4 Å². The zero-order chi connectivity index (χ0) is 20.8. The Labute approximate surface area is 151 Å². The van der Waals surface area contributed by atoms with E-state index < -0.39 is 47.5 Å². The zero-order valence-corrected chi connectivity index (χ0v) is 16.1. The van der Waals surface area contributed by atoms with Crippen LogP contribution in [0.1, 0.15) is 60.8 Å². The summed E-state index contributed by atoms with van der Waals surface area (Å²) >= 11 is 0. The van der Waals surface area contributed by atoms with Crippen LogP contribution in [-0.2, 0) is 23.9 Å². The lowest BCUT2D eigenvalue weighted by Gasteiger charge is -2.25. The van der Waals surface area contributed by atoms with Crippen LogP contribution in [0, 0.1) is 0 Å². The molecule has 6 nitrogen and oxygen atoms in total. The van der Waals surface area contributed by atoms with Crippen LogP contribution < -0.4 is 5.32 Å². The monoisotopic (exact) mass is 383 g/mol. The van der Waals surface area contributed by atoms with Gasteiger partial charge in [0.2, 0.25) is 5.91 Å². The molecule has 1 unspecified atom stereocenters. The van der Waals surface area contributed by atoms with Crippen LogP contribution in [0.5, 0.6) is 0 Å². The molecule has 1 atom stereocenters. The van der Waals surface area contributed by atoms with Crippen LogP contribution in [0.25, 0.3) is 0 Å². The van der Waals surface area contributed by atoms with Crippen molar-refractivity contribution in [1.29, 1.82) is 0 Å². The van der Waals surface area contributed by atoms with Gasteiger partial charge >= 0.3 is 12.1 Å². The molecule has 0 rings (SSSR count). The van der Waals surface area contributed by atoms with Crippen molar-refractivity contribution in [2.75, 3.05) is 6.61 Å². The fraction of sp³-hybridized carbons (Fsp3) is 0.824. The molecule has 26 heavy (non-hydrogen) atoms. The van der Waals surface area contributed by atoms with Crippen molar-refractivity contribution in [3.63, 3.8) is 0 Å². The summed E-state index contributed by atoms with van der Waals surface area (Å²) < 4.78 is 47.4. The molecule has 0 spiro atoms. The highest BCUT2D eigenvalue weighted by Crippen LogP contribution is 2.19. The van der Waals surface area contributed by atoms with E-state index in [9.17, 15) is 27.6 Å². The lowest BCUT2D eigenvalue weighted by molar-refractivity contribution is -0.156. The lowest BCUT2D eigenvalue weighted by Crippen LogP contribution is -2.46. The Morgan fingerprint density at radius 1 is 0.923 bits per heavy atom. The molecule has 0 heterocycles. The minimum absolute atomic E-state index is 0.239. The third kappa shape index (κ3) is 13.6. The predicted molar refractivity (Wildman–Crippen MR) is 88.4 cm³/mol. The van der Waals surface area contributed by atoms with Gasteiger partial charge in [-0.15, -0.1) is 0 Å². The number of hydrogen-bond acceptors (Lipinski definition) is 5. The van der Waals surface area contributed by atoms with Crippen molar-refractivity contribution in [3.05, 3.63) is 0 Å². The number of hydrogen-bond donors (Lipinski definition) is 1. The second-order valence-corrected chi connectivity index (χ2v) is 7.89. The second-order valence-electron chi connectivity index (χ2n) is 7.89. The summed E-state index contributed by atoms with van der Waals surface area (Å²) in [6, 6.07) is -1.27. The minimum Gasteiger partial charge on any atom is -0.460 e. The molecule has 0 saturated heterocycles. The van der Waals surface area contributed by atoms with Gasteiger partial charge in [-0.05, 0) is 41.5 Å². The van der Waals surface area contributed by atoms with E-state index in [1.54, 1.807) is 41.5 Å². The molecule has 0 aromatic heterocycles. The summed E-state index contributed by atoms with van der Waals surface area (Å²) in [5.41, 5.74) is -1.37. The molecular weight excluding hydrogens is 355 g/mol. The Morgan fingerprint density at radius 2 is 1.46 bits per heavy atom. The number of carbonyl (C=O) groups is 3. The maximum absolute atomic E-state index is 12.3. The summed E-state index contributed by atoms with van der Waals surface area (Å²) in [7, 11) is 0. The van der Waals surface area contributed by atoms with Crippen molar-refractivity contribution >= 4 is 17.7 Å². The van der Waals surface area contributed by atoms with Gasteiger partial charge < -0.3 is 14.8 Å². The number of esters is 1. The standard InChI is InChI=1S/C17H28F3NO5/c1-15(2,3)25-10-11(21-13(23)9-17(18,19)20)12(22)7-8-14(24)26-16(4,5)6/h11H,7-10H2,1-6H3,(H,21,23). The molecular formula is C17H28F3NO5. The lowest BCUT2D eigenvalue weighted by atomic mass is 10.1. The van der Waals surface area contributed by atoms with Gasteiger partial charge in [0, 0.05) is 6.42 Å². The van der Waals surface area contributed by atoms with Gasteiger partial charge in [0.05, 0.1) is 18.6 Å². The van der Waals surface area contributed by atoms with E-state index in [4.69, 9.17) is 9.47 Å². The summed E-state index contributed by atoms with van der Waals surface area (Å²) in [5, 5.41) is 2.03. The van der Waals surface area contributed by atoms with Crippen molar-refractivity contribution in [2.45, 2.75) is 84.2 Å². The first-order valence-corrected chi connectivity index (χ1v) is 8.23. The number of Topliss-reactive ketones (excluding diaryl/α,β-unsaturated/α-hetero) is 1. The van der Waals surface area contributed by atoms with E-state index in [2.05, 4.69) is 0 Å². The number of alkyl halides is 3. The topological polar surface area (TPSA) is 81.7 Å². The molecule has 0 bridgehead atoms. The number of ether oxygens (including phenoxy) is 2. The van der Waals surface area contributed by atoms with Crippen molar-refractivity contribution in [2.24, 2.45) is 0 Å². The normalized spacial score (nSPS) is 13.9. The van der Waals surface area contributed by atoms with E-state index in [1.165, 1.54) is 0 Å². The molecule has 0 aliphatic heterocycles. The number of halogens is 3. The molecule has 0 aliphatic rings. The largest absolute Gasteiger partial charge is 0.460 e. The number of rotatable bonds is 8. The molecule has 9 heteroatoms. The highest BCUT2D eigenvalue weighted by atomic mass is 19.4. The average molecular weight is 383 g/mol. The second kappa shape index (κ2) is 9.34. The molecule has 0 fully saturated rings. The van der Waals surface area contributed by atoms with Gasteiger partial charge in [0.15, 0.2) is 5.78 Å². The highest BCUT2D eigenvalue weighted by Gasteiger charge is 2.33.